The lowest BCUT2D eigenvalue weighted by Crippen LogP contribution is -1.62. The maximum Gasteiger partial charge on any atom is 0.182 e. The van der Waals surface area contributed by atoms with Crippen LogP contribution < -0.4 is 0 Å². The van der Waals surface area contributed by atoms with Crippen LogP contribution in [0.4, 0.5) is 0 Å². The lowest BCUT2D eigenvalue weighted by Gasteiger charge is -1.31. The van der Waals surface area contributed by atoms with E-state index < -0.39 is 0 Å². The molecule has 3 heteroatoms. The average molecular weight is 68.8 g/mol. The molecule has 0 rings (SSSR count). The normalized spacial score (nSPS) is 4.00. The van der Waals surface area contributed by atoms with E-state index in [1.807, 2.05) is 0 Å². The summed E-state index contributed by atoms with van der Waals surface area (Å²) in [7, 11) is 0. The Balaban J connectivity index is 0. The molecule has 0 aliphatic rings. The van der Waals surface area contributed by atoms with Crippen molar-refractivity contribution in [2.75, 3.05) is 0 Å². The zero-order valence-corrected chi connectivity index (χ0v) is 2.55. The van der Waals surface area contributed by atoms with Gasteiger partial charge in [0.1, 0.15) is 0 Å². The van der Waals surface area contributed by atoms with Crippen molar-refractivity contribution in [1.29, 1.82) is 0 Å². The summed E-state index contributed by atoms with van der Waals surface area (Å²) in [6, 6.07) is 0. The van der Waals surface area contributed by atoms with Crippen LogP contribution >= 0.6 is 0 Å². The molecule has 0 spiro atoms. The summed E-state index contributed by atoms with van der Waals surface area (Å²) < 4.78 is 0. The molecule has 2 nitrogen and oxygen atoms in total. The molecule has 0 amide bonds. The topological polar surface area (TPSA) is 34.1 Å². The summed E-state index contributed by atoms with van der Waals surface area (Å²) in [6.45, 7) is 0. The van der Waals surface area contributed by atoms with Gasteiger partial charge in [0.15, 0.2) is 12.6 Å². The van der Waals surface area contributed by atoms with Gasteiger partial charge in [-0.1, -0.05) is 0 Å². The first-order valence-corrected chi connectivity index (χ1v) is 0.805. The number of carbonyl (C=O) groups is 2. The Kier molecular flexibility index (Phi) is 17.6. The first-order valence-electron chi connectivity index (χ1n) is 0.805. The van der Waals surface area contributed by atoms with Gasteiger partial charge in [-0.05, 0) is 0 Å². The van der Waals surface area contributed by atoms with E-state index in [1.165, 1.54) is 0 Å². The number of carbonyl (C=O) groups excluding carboxylic acids is 2. The fraction of sp³-hybridized carbons (Fsp3) is 0. The molecule has 3 radical (unpaired) electrons. The van der Waals surface area contributed by atoms with E-state index >= 15 is 0 Å². The van der Waals surface area contributed by atoms with Crippen molar-refractivity contribution in [1.82, 2.24) is 0 Å². The summed E-state index contributed by atoms with van der Waals surface area (Å²) in [5, 5.41) is 0. The summed E-state index contributed by atoms with van der Waals surface area (Å²) >= 11 is 0. The summed E-state index contributed by atoms with van der Waals surface area (Å²) in [4.78, 5) is 17.6. The van der Waals surface area contributed by atoms with E-state index in [2.05, 4.69) is 0 Å². The molecule has 5 heavy (non-hydrogen) atoms. The van der Waals surface area contributed by atoms with E-state index in [0.717, 1.165) is 0 Å². The molecule has 0 bridgehead atoms. The number of hydrogen-bond donors (Lipinski definition) is 0. The first-order chi connectivity index (χ1) is 1.91. The Hall–Kier alpha value is -0.595. The Morgan fingerprint density at radius 3 is 1.20 bits per heavy atom. The lowest BCUT2D eigenvalue weighted by atomic mass is 10.8. The van der Waals surface area contributed by atoms with Crippen LogP contribution in [0.25, 0.3) is 0 Å². The molecule has 0 aliphatic heterocycles. The van der Waals surface area contributed by atoms with Gasteiger partial charge in [-0.2, -0.15) is 0 Å². The summed E-state index contributed by atoms with van der Waals surface area (Å²) in [5.74, 6) is 0. The van der Waals surface area contributed by atoms with Gasteiger partial charge in [-0.15, -0.1) is 0 Å². The van der Waals surface area contributed by atoms with Crippen LogP contribution in [0.5, 0.6) is 0 Å². The minimum Gasteiger partial charge on any atom is -0.295 e. The fourth-order valence-electron chi connectivity index (χ4n) is 0. The van der Waals surface area contributed by atoms with Gasteiger partial charge in [0.25, 0.3) is 0 Å². The highest BCUT2D eigenvalue weighted by atomic mass is 16.2. The number of hydrogen-bond acceptors (Lipinski definition) is 2. The van der Waals surface area contributed by atoms with Crippen LogP contribution in [0.15, 0.2) is 0 Å². The monoisotopic (exact) mass is 69.0 g/mol. The molecule has 0 aromatic heterocycles. The molecular weight excluding hydrogens is 66.8 g/mol. The van der Waals surface area contributed by atoms with Crippen LogP contribution in [0, 0.1) is 0 Å². The van der Waals surface area contributed by atoms with Crippen molar-refractivity contribution in [3.8, 4) is 0 Å². The number of aldehydes is 2. The van der Waals surface area contributed by atoms with Gasteiger partial charge < -0.3 is 0 Å². The highest BCUT2D eigenvalue weighted by molar-refractivity contribution is 6.09. The highest BCUT2D eigenvalue weighted by Gasteiger charge is 1.47. The summed E-state index contributed by atoms with van der Waals surface area (Å²) in [6.07, 6.45) is 0.389. The van der Waals surface area contributed by atoms with Gasteiger partial charge in [-0.3, -0.25) is 9.59 Å². The Morgan fingerprint density at radius 2 is 1.20 bits per heavy atom. The zero-order valence-electron chi connectivity index (χ0n) is 2.55. The smallest absolute Gasteiger partial charge is 0.182 e. The Labute approximate surface area is 31.7 Å². The molecule has 0 atom stereocenters. The standard InChI is InChI=1S/C2H2O2.B/c3-1-2-4;/h1-2H;. The third kappa shape index (κ3) is 41.0. The van der Waals surface area contributed by atoms with Gasteiger partial charge >= 0.3 is 0 Å². The molecule has 0 saturated heterocycles. The van der Waals surface area contributed by atoms with Crippen LogP contribution in [-0.4, -0.2) is 21.0 Å². The van der Waals surface area contributed by atoms with Gasteiger partial charge in [0.2, 0.25) is 0 Å². The van der Waals surface area contributed by atoms with Crippen LogP contribution in [0.3, 0.4) is 0 Å². The van der Waals surface area contributed by atoms with Crippen molar-refractivity contribution in [3.05, 3.63) is 0 Å². The largest absolute Gasteiger partial charge is 0.295 e. The Morgan fingerprint density at radius 1 is 1.00 bits per heavy atom. The first kappa shape index (κ1) is 8.83. The van der Waals surface area contributed by atoms with Crippen LogP contribution in [0.2, 0.25) is 0 Å². The van der Waals surface area contributed by atoms with Gasteiger partial charge in [-0.25, -0.2) is 0 Å². The molecule has 0 aromatic rings. The second-order valence-corrected chi connectivity index (χ2v) is 0.272. The number of rotatable bonds is 1. The molecule has 0 heterocycles. The lowest BCUT2D eigenvalue weighted by molar-refractivity contribution is -0.122. The Bertz CT molecular complexity index is 28.6. The zero-order chi connectivity index (χ0) is 3.41. The van der Waals surface area contributed by atoms with E-state index in [0.29, 0.717) is 0 Å². The van der Waals surface area contributed by atoms with Crippen molar-refractivity contribution >= 4 is 21.0 Å². The van der Waals surface area contributed by atoms with Crippen LogP contribution in [-0.2, 0) is 9.59 Å². The van der Waals surface area contributed by atoms with E-state index in [1.54, 1.807) is 0 Å². The van der Waals surface area contributed by atoms with Crippen molar-refractivity contribution in [3.63, 3.8) is 0 Å². The fourth-order valence-corrected chi connectivity index (χ4v) is 0. The molecule has 0 unspecified atom stereocenters. The SMILES string of the molecule is O=CC=O.[B]. The predicted octanol–water partition coefficient (Wildman–Crippen LogP) is -0.997. The van der Waals surface area contributed by atoms with Crippen molar-refractivity contribution < 1.29 is 9.59 Å². The van der Waals surface area contributed by atoms with Crippen LogP contribution in [0.1, 0.15) is 0 Å². The second-order valence-electron chi connectivity index (χ2n) is 0.272. The molecule has 0 aromatic carbocycles. The molecule has 0 aliphatic carbocycles. The van der Waals surface area contributed by atoms with E-state index in [-0.39, 0.29) is 21.0 Å². The third-order valence-electron chi connectivity index (χ3n) is 0.0556. The highest BCUT2D eigenvalue weighted by Crippen LogP contribution is 1.12. The van der Waals surface area contributed by atoms with E-state index in [4.69, 9.17) is 9.59 Å². The maximum atomic E-state index is 8.81. The summed E-state index contributed by atoms with van der Waals surface area (Å²) in [5.41, 5.74) is 0. The minimum atomic E-state index is 0. The maximum absolute atomic E-state index is 8.81. The van der Waals surface area contributed by atoms with Gasteiger partial charge in [0.05, 0.1) is 0 Å². The molecule has 0 N–H and O–H groups in total. The minimum absolute atomic E-state index is 0. The van der Waals surface area contributed by atoms with Crippen molar-refractivity contribution in [2.24, 2.45) is 0 Å². The average Bonchev–Trinajstić information content (AvgIpc) is 1.37. The molecule has 0 saturated carbocycles. The predicted molar refractivity (Wildman–Crippen MR) is 17.9 cm³/mol. The molecule has 0 fully saturated rings. The molecule has 25 valence electrons. The quantitative estimate of drug-likeness (QED) is 0.225. The van der Waals surface area contributed by atoms with E-state index in [9.17, 15) is 0 Å². The molecular formula is C2H2BO2. The van der Waals surface area contributed by atoms with Gasteiger partial charge in [0, 0.05) is 8.41 Å². The van der Waals surface area contributed by atoms with Crippen molar-refractivity contribution in [2.45, 2.75) is 0 Å². The second kappa shape index (κ2) is 9.98. The third-order valence-corrected chi connectivity index (χ3v) is 0.0556.